The minimum Gasteiger partial charge on any atom is -0.488 e. The lowest BCUT2D eigenvalue weighted by atomic mass is 10.1. The number of hydrogen-bond donors (Lipinski definition) is 3. The van der Waals surface area contributed by atoms with Gasteiger partial charge >= 0.3 is 0 Å². The van der Waals surface area contributed by atoms with E-state index in [1.54, 1.807) is 19.2 Å². The molecule has 1 amide bonds. The van der Waals surface area contributed by atoms with Crippen LogP contribution in [0.25, 0.3) is 0 Å². The average molecular weight is 404 g/mol. The topological polar surface area (TPSA) is 87.9 Å². The number of hydrogen-bond acceptors (Lipinski definition) is 4. The number of benzene rings is 2. The molecule has 1 aliphatic rings. The van der Waals surface area contributed by atoms with Crippen molar-refractivity contribution in [3.63, 3.8) is 0 Å². The van der Waals surface area contributed by atoms with Crippen LogP contribution in [-0.4, -0.2) is 31.6 Å². The predicted molar refractivity (Wildman–Crippen MR) is 116 cm³/mol. The summed E-state index contributed by atoms with van der Waals surface area (Å²) in [5, 5.41) is 9.41. The van der Waals surface area contributed by atoms with Crippen molar-refractivity contribution >= 4 is 17.6 Å². The van der Waals surface area contributed by atoms with E-state index in [4.69, 9.17) is 9.15 Å². The molecule has 0 saturated heterocycles. The molecule has 0 radical (unpaired) electrons. The van der Waals surface area contributed by atoms with Crippen LogP contribution in [0.3, 0.4) is 0 Å². The molecule has 30 heavy (non-hydrogen) atoms. The first-order valence-electron chi connectivity index (χ1n) is 9.84. The summed E-state index contributed by atoms with van der Waals surface area (Å²) in [7, 11) is 1.74. The molecule has 0 fully saturated rings. The van der Waals surface area contributed by atoms with E-state index in [0.717, 1.165) is 17.7 Å². The van der Waals surface area contributed by atoms with Gasteiger partial charge in [0.2, 0.25) is 0 Å². The van der Waals surface area contributed by atoms with Gasteiger partial charge in [-0.05, 0) is 41.5 Å². The summed E-state index contributed by atoms with van der Waals surface area (Å²) < 4.78 is 11.0. The molecule has 154 valence electrons. The first-order valence-corrected chi connectivity index (χ1v) is 9.84. The molecule has 0 spiro atoms. The van der Waals surface area contributed by atoms with Crippen LogP contribution in [0.2, 0.25) is 0 Å². The lowest BCUT2D eigenvalue weighted by molar-refractivity contribution is 0.0996. The number of nitrogens with one attached hydrogen (secondary N) is 3. The van der Waals surface area contributed by atoms with Crippen LogP contribution in [0.4, 0.5) is 5.69 Å². The average Bonchev–Trinajstić information content (AvgIpc) is 3.45. The van der Waals surface area contributed by atoms with Crippen molar-refractivity contribution in [3.05, 3.63) is 83.8 Å². The number of amides is 1. The van der Waals surface area contributed by atoms with E-state index >= 15 is 0 Å². The van der Waals surface area contributed by atoms with Crippen molar-refractivity contribution in [3.8, 4) is 5.75 Å². The third-order valence-corrected chi connectivity index (χ3v) is 4.85. The van der Waals surface area contributed by atoms with Gasteiger partial charge in [-0.25, -0.2) is 0 Å². The van der Waals surface area contributed by atoms with Gasteiger partial charge < -0.3 is 25.1 Å². The molecule has 1 atom stereocenters. The number of para-hydroxylation sites is 1. The summed E-state index contributed by atoms with van der Waals surface area (Å²) >= 11 is 0. The SMILES string of the molecule is CN=C(NCc1ccc(NC(=O)c2ccco2)cc1)NCC1Cc2ccccc2O1. The van der Waals surface area contributed by atoms with Crippen LogP contribution in [0.1, 0.15) is 21.7 Å². The molecular weight excluding hydrogens is 380 g/mol. The van der Waals surface area contributed by atoms with E-state index in [2.05, 4.69) is 27.0 Å². The zero-order chi connectivity index (χ0) is 20.8. The zero-order valence-electron chi connectivity index (χ0n) is 16.7. The molecule has 4 rings (SSSR count). The normalized spacial score (nSPS) is 15.2. The quantitative estimate of drug-likeness (QED) is 0.434. The molecule has 0 aliphatic carbocycles. The monoisotopic (exact) mass is 404 g/mol. The molecule has 0 bridgehead atoms. The highest BCUT2D eigenvalue weighted by Crippen LogP contribution is 2.27. The third-order valence-electron chi connectivity index (χ3n) is 4.85. The molecule has 1 aromatic heterocycles. The summed E-state index contributed by atoms with van der Waals surface area (Å²) in [6.45, 7) is 1.28. The van der Waals surface area contributed by atoms with Crippen molar-refractivity contribution in [1.82, 2.24) is 10.6 Å². The molecule has 1 aliphatic heterocycles. The van der Waals surface area contributed by atoms with Crippen molar-refractivity contribution in [1.29, 1.82) is 0 Å². The second-order valence-electron chi connectivity index (χ2n) is 6.99. The third kappa shape index (κ3) is 4.81. The second-order valence-corrected chi connectivity index (χ2v) is 6.99. The fourth-order valence-corrected chi connectivity index (χ4v) is 3.29. The molecule has 7 heteroatoms. The smallest absolute Gasteiger partial charge is 0.291 e. The number of anilines is 1. The standard InChI is InChI=1S/C23H24N4O3/c1-24-23(26-15-19-13-17-5-2-3-6-20(17)30-19)25-14-16-8-10-18(11-9-16)27-22(28)21-7-4-12-29-21/h2-12,19H,13-15H2,1H3,(H,27,28)(H2,24,25,26). The van der Waals surface area contributed by atoms with Crippen LogP contribution < -0.4 is 20.7 Å². The molecule has 0 saturated carbocycles. The molecule has 7 nitrogen and oxygen atoms in total. The van der Waals surface area contributed by atoms with Crippen LogP contribution in [0.5, 0.6) is 5.75 Å². The molecule has 3 aromatic rings. The van der Waals surface area contributed by atoms with E-state index in [-0.39, 0.29) is 17.8 Å². The van der Waals surface area contributed by atoms with E-state index in [1.165, 1.54) is 11.8 Å². The Morgan fingerprint density at radius 2 is 1.90 bits per heavy atom. The van der Waals surface area contributed by atoms with Gasteiger partial charge in [-0.2, -0.15) is 0 Å². The van der Waals surface area contributed by atoms with Crippen molar-refractivity contribution < 1.29 is 13.9 Å². The van der Waals surface area contributed by atoms with Gasteiger partial charge in [-0.1, -0.05) is 30.3 Å². The second kappa shape index (κ2) is 9.17. The van der Waals surface area contributed by atoms with Crippen molar-refractivity contribution in [2.75, 3.05) is 18.9 Å². The number of furan rings is 1. The van der Waals surface area contributed by atoms with Gasteiger partial charge in [-0.15, -0.1) is 0 Å². The number of guanidine groups is 1. The molecule has 2 aromatic carbocycles. The van der Waals surface area contributed by atoms with E-state index in [1.807, 2.05) is 42.5 Å². The summed E-state index contributed by atoms with van der Waals surface area (Å²) in [5.41, 5.74) is 3.02. The first kappa shape index (κ1) is 19.6. The Hall–Kier alpha value is -3.74. The van der Waals surface area contributed by atoms with Crippen LogP contribution in [0, 0.1) is 0 Å². The Kier molecular flexibility index (Phi) is 5.98. The maximum absolute atomic E-state index is 12.0. The van der Waals surface area contributed by atoms with E-state index in [9.17, 15) is 4.79 Å². The molecule has 2 heterocycles. The number of rotatable bonds is 6. The Bertz CT molecular complexity index is 988. The number of fused-ring (bicyclic) bond motifs is 1. The Morgan fingerprint density at radius 1 is 1.07 bits per heavy atom. The van der Waals surface area contributed by atoms with Gasteiger partial charge in [0.15, 0.2) is 11.7 Å². The van der Waals surface area contributed by atoms with Gasteiger partial charge in [0.05, 0.1) is 12.8 Å². The van der Waals surface area contributed by atoms with Gasteiger partial charge in [0.1, 0.15) is 11.9 Å². The fraction of sp³-hybridized carbons (Fsp3) is 0.217. The highest BCUT2D eigenvalue weighted by atomic mass is 16.5. The summed E-state index contributed by atoms with van der Waals surface area (Å²) in [5.74, 6) is 1.69. The molecule has 1 unspecified atom stereocenters. The Morgan fingerprint density at radius 3 is 2.63 bits per heavy atom. The Balaban J connectivity index is 1.23. The number of nitrogens with zero attached hydrogens (tertiary/aromatic N) is 1. The molecular formula is C23H24N4O3. The highest BCUT2D eigenvalue weighted by Gasteiger charge is 2.22. The van der Waals surface area contributed by atoms with Gasteiger partial charge in [-0.3, -0.25) is 9.79 Å². The lowest BCUT2D eigenvalue weighted by Crippen LogP contribution is -2.41. The van der Waals surface area contributed by atoms with Crippen molar-refractivity contribution in [2.45, 2.75) is 19.1 Å². The number of carbonyl (C=O) groups excluding carboxylic acids is 1. The highest BCUT2D eigenvalue weighted by molar-refractivity contribution is 6.02. The molecule has 3 N–H and O–H groups in total. The lowest BCUT2D eigenvalue weighted by Gasteiger charge is -2.15. The van der Waals surface area contributed by atoms with Crippen molar-refractivity contribution in [2.24, 2.45) is 4.99 Å². The maximum atomic E-state index is 12.0. The summed E-state index contributed by atoms with van der Waals surface area (Å²) in [6.07, 6.45) is 2.46. The van der Waals surface area contributed by atoms with Crippen LogP contribution >= 0.6 is 0 Å². The Labute approximate surface area is 175 Å². The van der Waals surface area contributed by atoms with Gasteiger partial charge in [0, 0.05) is 25.7 Å². The zero-order valence-corrected chi connectivity index (χ0v) is 16.7. The minimum atomic E-state index is -0.272. The van der Waals surface area contributed by atoms with Crippen LogP contribution in [0.15, 0.2) is 76.3 Å². The fourth-order valence-electron chi connectivity index (χ4n) is 3.29. The minimum absolute atomic E-state index is 0.0954. The van der Waals surface area contributed by atoms with E-state index < -0.39 is 0 Å². The van der Waals surface area contributed by atoms with E-state index in [0.29, 0.717) is 24.7 Å². The predicted octanol–water partition coefficient (Wildman–Crippen LogP) is 3.20. The number of ether oxygens (including phenoxy) is 1. The van der Waals surface area contributed by atoms with Crippen LogP contribution in [-0.2, 0) is 13.0 Å². The van der Waals surface area contributed by atoms with Gasteiger partial charge in [0.25, 0.3) is 5.91 Å². The largest absolute Gasteiger partial charge is 0.488 e. The number of aliphatic imine (C=N–C) groups is 1. The summed E-state index contributed by atoms with van der Waals surface area (Å²) in [6, 6.07) is 19.1. The first-order chi connectivity index (χ1) is 14.7. The number of carbonyl (C=O) groups is 1. The maximum Gasteiger partial charge on any atom is 0.291 e. The summed E-state index contributed by atoms with van der Waals surface area (Å²) in [4.78, 5) is 16.3.